The van der Waals surface area contributed by atoms with Crippen molar-refractivity contribution >= 4 is 11.8 Å². The molecule has 0 radical (unpaired) electrons. The van der Waals surface area contributed by atoms with E-state index in [-0.39, 0.29) is 0 Å². The molecule has 0 bridgehead atoms. The van der Waals surface area contributed by atoms with E-state index < -0.39 is 0 Å². The molecule has 1 fully saturated rings. The highest BCUT2D eigenvalue weighted by atomic mass is 32.2. The second-order valence-corrected chi connectivity index (χ2v) is 5.21. The van der Waals surface area contributed by atoms with Crippen molar-refractivity contribution in [3.8, 4) is 0 Å². The Bertz CT molecular complexity index is 301. The molecule has 2 rings (SSSR count). The van der Waals surface area contributed by atoms with Gasteiger partial charge in [-0.3, -0.25) is 4.98 Å². The van der Waals surface area contributed by atoms with Gasteiger partial charge in [-0.15, -0.1) is 11.8 Å². The van der Waals surface area contributed by atoms with Crippen LogP contribution in [0.3, 0.4) is 0 Å². The fraction of sp³-hybridized carbons (Fsp3) is 0.583. The first-order chi connectivity index (χ1) is 7.90. The van der Waals surface area contributed by atoms with Crippen LogP contribution < -0.4 is 5.73 Å². The summed E-state index contributed by atoms with van der Waals surface area (Å²) in [5, 5.41) is 0.345. The van der Waals surface area contributed by atoms with Gasteiger partial charge in [-0.05, 0) is 24.5 Å². The molecule has 0 spiro atoms. The molecule has 2 atom stereocenters. The van der Waals surface area contributed by atoms with Crippen molar-refractivity contribution in [3.05, 3.63) is 30.1 Å². The van der Waals surface area contributed by atoms with Crippen molar-refractivity contribution < 1.29 is 4.74 Å². The molecule has 2 heterocycles. The van der Waals surface area contributed by atoms with E-state index in [1.165, 1.54) is 18.4 Å². The minimum Gasteiger partial charge on any atom is -0.377 e. The maximum absolute atomic E-state index is 5.80. The van der Waals surface area contributed by atoms with E-state index in [2.05, 4.69) is 11.1 Å². The van der Waals surface area contributed by atoms with Crippen LogP contribution in [0, 0.1) is 0 Å². The van der Waals surface area contributed by atoms with Gasteiger partial charge in [-0.2, -0.15) is 0 Å². The van der Waals surface area contributed by atoms with Crippen molar-refractivity contribution in [2.24, 2.45) is 5.73 Å². The monoisotopic (exact) mass is 238 g/mol. The normalized spacial score (nSPS) is 22.2. The van der Waals surface area contributed by atoms with Gasteiger partial charge >= 0.3 is 0 Å². The Balaban J connectivity index is 1.85. The molecule has 0 amide bonds. The topological polar surface area (TPSA) is 48.1 Å². The molecular formula is C12H18N2OS. The van der Waals surface area contributed by atoms with Crippen molar-refractivity contribution in [2.45, 2.75) is 24.2 Å². The minimum atomic E-state index is 0.345. The highest BCUT2D eigenvalue weighted by Crippen LogP contribution is 2.29. The molecular weight excluding hydrogens is 220 g/mol. The lowest BCUT2D eigenvalue weighted by molar-refractivity contribution is 0.129. The molecule has 4 heteroatoms. The second kappa shape index (κ2) is 6.23. The van der Waals surface area contributed by atoms with Gasteiger partial charge in [0.1, 0.15) is 0 Å². The Labute approximate surface area is 101 Å². The fourth-order valence-corrected chi connectivity index (χ4v) is 3.04. The summed E-state index contributed by atoms with van der Waals surface area (Å²) in [6.07, 6.45) is 6.51. The van der Waals surface area contributed by atoms with Gasteiger partial charge < -0.3 is 10.5 Å². The lowest BCUT2D eigenvalue weighted by atomic mass is 10.2. The van der Waals surface area contributed by atoms with E-state index in [9.17, 15) is 0 Å². The maximum atomic E-state index is 5.80. The van der Waals surface area contributed by atoms with E-state index in [0.717, 1.165) is 12.4 Å². The Morgan fingerprint density at radius 1 is 1.62 bits per heavy atom. The zero-order valence-corrected chi connectivity index (χ0v) is 10.2. The Morgan fingerprint density at radius 2 is 2.56 bits per heavy atom. The number of hydrogen-bond donors (Lipinski definition) is 1. The molecule has 1 aromatic rings. The molecule has 0 aromatic carbocycles. The maximum Gasteiger partial charge on any atom is 0.0666 e. The zero-order chi connectivity index (χ0) is 11.2. The SMILES string of the molecule is NCC(SCC1CCCO1)c1cccnc1. The van der Waals surface area contributed by atoms with Crippen LogP contribution in [0.1, 0.15) is 23.7 Å². The van der Waals surface area contributed by atoms with Crippen LogP contribution in [0.2, 0.25) is 0 Å². The van der Waals surface area contributed by atoms with E-state index in [4.69, 9.17) is 10.5 Å². The summed E-state index contributed by atoms with van der Waals surface area (Å²) in [6.45, 7) is 1.58. The van der Waals surface area contributed by atoms with Crippen molar-refractivity contribution in [3.63, 3.8) is 0 Å². The summed E-state index contributed by atoms with van der Waals surface area (Å²) >= 11 is 1.88. The summed E-state index contributed by atoms with van der Waals surface area (Å²) in [5.41, 5.74) is 7.02. The first kappa shape index (κ1) is 11.9. The van der Waals surface area contributed by atoms with Crippen LogP contribution in [0.25, 0.3) is 0 Å². The number of ether oxygens (including phenoxy) is 1. The van der Waals surface area contributed by atoms with E-state index in [1.54, 1.807) is 6.20 Å². The van der Waals surface area contributed by atoms with Gasteiger partial charge in [0.15, 0.2) is 0 Å². The first-order valence-corrected chi connectivity index (χ1v) is 6.78. The molecule has 88 valence electrons. The molecule has 1 saturated heterocycles. The lowest BCUT2D eigenvalue weighted by Gasteiger charge is -2.16. The number of hydrogen-bond acceptors (Lipinski definition) is 4. The average molecular weight is 238 g/mol. The molecule has 2 N–H and O–H groups in total. The quantitative estimate of drug-likeness (QED) is 0.852. The van der Waals surface area contributed by atoms with Crippen molar-refractivity contribution in [1.82, 2.24) is 4.98 Å². The van der Waals surface area contributed by atoms with Gasteiger partial charge in [0.25, 0.3) is 0 Å². The molecule has 1 aliphatic rings. The molecule has 1 aliphatic heterocycles. The number of pyridine rings is 1. The van der Waals surface area contributed by atoms with E-state index >= 15 is 0 Å². The number of thioether (sulfide) groups is 1. The Morgan fingerprint density at radius 3 is 3.19 bits per heavy atom. The van der Waals surface area contributed by atoms with Gasteiger partial charge in [0.05, 0.1) is 6.10 Å². The fourth-order valence-electron chi connectivity index (χ4n) is 1.87. The molecule has 1 aromatic heterocycles. The molecule has 2 unspecified atom stereocenters. The number of nitrogens with two attached hydrogens (primary N) is 1. The summed E-state index contributed by atoms with van der Waals surface area (Å²) in [6, 6.07) is 4.05. The Hall–Kier alpha value is -0.580. The molecule has 0 aliphatic carbocycles. The zero-order valence-electron chi connectivity index (χ0n) is 9.34. The van der Waals surface area contributed by atoms with Gasteiger partial charge in [-0.25, -0.2) is 0 Å². The van der Waals surface area contributed by atoms with Crippen LogP contribution in [-0.2, 0) is 4.74 Å². The third kappa shape index (κ3) is 3.20. The summed E-state index contributed by atoms with van der Waals surface area (Å²) in [4.78, 5) is 4.13. The van der Waals surface area contributed by atoms with Crippen LogP contribution in [0.5, 0.6) is 0 Å². The lowest BCUT2D eigenvalue weighted by Crippen LogP contribution is -2.14. The number of aromatic nitrogens is 1. The smallest absolute Gasteiger partial charge is 0.0666 e. The van der Waals surface area contributed by atoms with Gasteiger partial charge in [0.2, 0.25) is 0 Å². The molecule has 3 nitrogen and oxygen atoms in total. The highest BCUT2D eigenvalue weighted by Gasteiger charge is 2.18. The number of nitrogens with zero attached hydrogens (tertiary/aromatic N) is 1. The van der Waals surface area contributed by atoms with Crippen molar-refractivity contribution in [1.29, 1.82) is 0 Å². The van der Waals surface area contributed by atoms with Gasteiger partial charge in [-0.1, -0.05) is 6.07 Å². The Kier molecular flexibility index (Phi) is 4.63. The summed E-state index contributed by atoms with van der Waals surface area (Å²) in [7, 11) is 0. The van der Waals surface area contributed by atoms with E-state index in [1.807, 2.05) is 24.0 Å². The third-order valence-electron chi connectivity index (χ3n) is 2.78. The summed E-state index contributed by atoms with van der Waals surface area (Å²) in [5.74, 6) is 1.04. The minimum absolute atomic E-state index is 0.345. The summed E-state index contributed by atoms with van der Waals surface area (Å²) < 4.78 is 5.61. The van der Waals surface area contributed by atoms with Gasteiger partial charge in [0, 0.05) is 36.5 Å². The van der Waals surface area contributed by atoms with Crippen LogP contribution >= 0.6 is 11.8 Å². The average Bonchev–Trinajstić information content (AvgIpc) is 2.84. The standard InChI is InChI=1S/C12H18N2OS/c13-7-12(10-3-1-5-14-8-10)16-9-11-4-2-6-15-11/h1,3,5,8,11-12H,2,4,6-7,9,13H2. The van der Waals surface area contributed by atoms with Crippen LogP contribution in [0.15, 0.2) is 24.5 Å². The predicted molar refractivity (Wildman–Crippen MR) is 67.5 cm³/mol. The van der Waals surface area contributed by atoms with Crippen LogP contribution in [-0.4, -0.2) is 30.0 Å². The second-order valence-electron chi connectivity index (χ2n) is 3.98. The van der Waals surface area contributed by atoms with E-state index in [0.29, 0.717) is 17.9 Å². The molecule has 0 saturated carbocycles. The van der Waals surface area contributed by atoms with Crippen molar-refractivity contribution in [2.75, 3.05) is 18.9 Å². The van der Waals surface area contributed by atoms with Crippen LogP contribution in [0.4, 0.5) is 0 Å². The highest BCUT2D eigenvalue weighted by molar-refractivity contribution is 7.99. The predicted octanol–water partition coefficient (Wildman–Crippen LogP) is 1.99. The largest absolute Gasteiger partial charge is 0.377 e. The number of rotatable bonds is 5. The third-order valence-corrected chi connectivity index (χ3v) is 4.21. The first-order valence-electron chi connectivity index (χ1n) is 5.73. The molecule has 16 heavy (non-hydrogen) atoms.